The van der Waals surface area contributed by atoms with Crippen LogP contribution in [0.5, 0.6) is 11.5 Å². The largest absolute Gasteiger partial charge is 0.493 e. The maximum absolute atomic E-state index is 6.12. The quantitative estimate of drug-likeness (QED) is 0.846. The molecule has 3 nitrogen and oxygen atoms in total. The molecule has 0 atom stereocenters. The van der Waals surface area contributed by atoms with E-state index in [1.165, 1.54) is 5.56 Å². The summed E-state index contributed by atoms with van der Waals surface area (Å²) in [7, 11) is 3.33. The average Bonchev–Trinajstić information content (AvgIpc) is 2.95. The maximum Gasteiger partial charge on any atom is 0.163 e. The number of ether oxygens (including phenoxy) is 2. The minimum atomic E-state index is 0.0338. The summed E-state index contributed by atoms with van der Waals surface area (Å²) in [6.07, 6.45) is 3.18. The molecule has 0 amide bonds. The van der Waals surface area contributed by atoms with Gasteiger partial charge in [0.2, 0.25) is 0 Å². The van der Waals surface area contributed by atoms with Crippen molar-refractivity contribution in [2.75, 3.05) is 14.2 Å². The molecule has 2 rings (SSSR count). The van der Waals surface area contributed by atoms with E-state index in [2.05, 4.69) is 6.07 Å². The topological polar surface area (TPSA) is 44.5 Å². The normalized spacial score (nSPS) is 17.0. The van der Waals surface area contributed by atoms with Gasteiger partial charge in [0.1, 0.15) is 0 Å². The van der Waals surface area contributed by atoms with Crippen LogP contribution in [0.15, 0.2) is 12.1 Å². The molecule has 0 bridgehead atoms. The van der Waals surface area contributed by atoms with E-state index in [0.717, 1.165) is 36.3 Å². The van der Waals surface area contributed by atoms with Crippen molar-refractivity contribution >= 4 is 0 Å². The van der Waals surface area contributed by atoms with Crippen molar-refractivity contribution in [2.24, 2.45) is 5.73 Å². The summed E-state index contributed by atoms with van der Waals surface area (Å²) in [5, 5.41) is 0. The lowest BCUT2D eigenvalue weighted by molar-refractivity contribution is 0.352. The van der Waals surface area contributed by atoms with Crippen molar-refractivity contribution in [3.8, 4) is 11.5 Å². The molecule has 1 fully saturated rings. The third-order valence-corrected chi connectivity index (χ3v) is 3.17. The van der Waals surface area contributed by atoms with Crippen molar-refractivity contribution in [1.82, 2.24) is 0 Å². The van der Waals surface area contributed by atoms with Crippen LogP contribution in [0.2, 0.25) is 0 Å². The number of methoxy groups -OCH3 is 2. The molecule has 0 aliphatic heterocycles. The zero-order valence-electron chi connectivity index (χ0n) is 10.2. The van der Waals surface area contributed by atoms with Gasteiger partial charge in [-0.15, -0.1) is 0 Å². The van der Waals surface area contributed by atoms with E-state index in [-0.39, 0.29) is 5.54 Å². The molecule has 0 radical (unpaired) electrons. The molecule has 0 heterocycles. The lowest BCUT2D eigenvalue weighted by atomic mass is 10.0. The number of rotatable bonds is 4. The highest BCUT2D eigenvalue weighted by atomic mass is 16.5. The van der Waals surface area contributed by atoms with Crippen molar-refractivity contribution in [1.29, 1.82) is 0 Å². The van der Waals surface area contributed by atoms with Gasteiger partial charge in [-0.2, -0.15) is 0 Å². The molecular weight excluding hydrogens is 202 g/mol. The summed E-state index contributed by atoms with van der Waals surface area (Å²) in [5.74, 6) is 1.61. The van der Waals surface area contributed by atoms with Crippen LogP contribution in [-0.4, -0.2) is 19.8 Å². The van der Waals surface area contributed by atoms with Crippen LogP contribution in [0, 0.1) is 6.92 Å². The fraction of sp³-hybridized carbons (Fsp3) is 0.538. The number of hydrogen-bond donors (Lipinski definition) is 1. The van der Waals surface area contributed by atoms with Gasteiger partial charge in [0.15, 0.2) is 11.5 Å². The molecule has 2 N–H and O–H groups in total. The fourth-order valence-electron chi connectivity index (χ4n) is 2.07. The third-order valence-electron chi connectivity index (χ3n) is 3.17. The van der Waals surface area contributed by atoms with Gasteiger partial charge in [0.05, 0.1) is 14.2 Å². The first kappa shape index (κ1) is 11.3. The Kier molecular flexibility index (Phi) is 2.80. The lowest BCUT2D eigenvalue weighted by Crippen LogP contribution is -2.24. The van der Waals surface area contributed by atoms with Crippen LogP contribution in [-0.2, 0) is 6.42 Å². The van der Waals surface area contributed by atoms with Crippen molar-refractivity contribution in [3.05, 3.63) is 23.3 Å². The predicted octanol–water partition coefficient (Wildman–Crippen LogP) is 2.05. The predicted molar refractivity (Wildman–Crippen MR) is 64.1 cm³/mol. The highest BCUT2D eigenvalue weighted by Gasteiger charge is 2.38. The van der Waals surface area contributed by atoms with Gasteiger partial charge in [-0.25, -0.2) is 0 Å². The van der Waals surface area contributed by atoms with Gasteiger partial charge in [0.25, 0.3) is 0 Å². The van der Waals surface area contributed by atoms with Gasteiger partial charge in [-0.1, -0.05) is 6.07 Å². The summed E-state index contributed by atoms with van der Waals surface area (Å²) >= 11 is 0. The molecule has 0 unspecified atom stereocenters. The van der Waals surface area contributed by atoms with E-state index in [1.54, 1.807) is 14.2 Å². The summed E-state index contributed by atoms with van der Waals surface area (Å²) < 4.78 is 10.6. The van der Waals surface area contributed by atoms with Gasteiger partial charge in [-0.05, 0) is 43.4 Å². The van der Waals surface area contributed by atoms with Gasteiger partial charge >= 0.3 is 0 Å². The Hall–Kier alpha value is -1.22. The minimum absolute atomic E-state index is 0.0338. The third kappa shape index (κ3) is 2.14. The second-order valence-electron chi connectivity index (χ2n) is 4.69. The van der Waals surface area contributed by atoms with E-state index in [1.807, 2.05) is 13.0 Å². The highest BCUT2D eigenvalue weighted by Crippen LogP contribution is 2.38. The molecule has 0 saturated heterocycles. The zero-order valence-corrected chi connectivity index (χ0v) is 10.2. The first-order chi connectivity index (χ1) is 7.58. The molecule has 3 heteroatoms. The standard InChI is InChI=1S/C13H19NO2/c1-9-6-10(8-13(14)4-5-13)7-11(15-2)12(9)16-3/h6-7H,4-5,8,14H2,1-3H3. The zero-order chi connectivity index (χ0) is 11.8. The SMILES string of the molecule is COc1cc(CC2(N)CC2)cc(C)c1OC. The van der Waals surface area contributed by atoms with E-state index in [0.29, 0.717) is 0 Å². The first-order valence-corrected chi connectivity index (χ1v) is 5.58. The monoisotopic (exact) mass is 221 g/mol. The molecule has 1 aliphatic rings. The summed E-state index contributed by atoms with van der Waals surface area (Å²) in [4.78, 5) is 0. The molecule has 1 aliphatic carbocycles. The smallest absolute Gasteiger partial charge is 0.163 e. The van der Waals surface area contributed by atoms with Crippen molar-refractivity contribution in [3.63, 3.8) is 0 Å². The summed E-state index contributed by atoms with van der Waals surface area (Å²) in [6.45, 7) is 2.03. The van der Waals surface area contributed by atoms with Crippen LogP contribution >= 0.6 is 0 Å². The Morgan fingerprint density at radius 2 is 1.94 bits per heavy atom. The Balaban J connectivity index is 2.30. The van der Waals surface area contributed by atoms with Gasteiger partial charge in [0, 0.05) is 5.54 Å². The van der Waals surface area contributed by atoms with E-state index < -0.39 is 0 Å². The lowest BCUT2D eigenvalue weighted by Gasteiger charge is -2.14. The molecule has 1 saturated carbocycles. The first-order valence-electron chi connectivity index (χ1n) is 5.58. The Labute approximate surface area is 96.5 Å². The van der Waals surface area contributed by atoms with Crippen LogP contribution in [0.1, 0.15) is 24.0 Å². The fourth-order valence-corrected chi connectivity index (χ4v) is 2.07. The minimum Gasteiger partial charge on any atom is -0.493 e. The van der Waals surface area contributed by atoms with Gasteiger partial charge in [-0.3, -0.25) is 0 Å². The van der Waals surface area contributed by atoms with E-state index in [4.69, 9.17) is 15.2 Å². The van der Waals surface area contributed by atoms with Crippen molar-refractivity contribution in [2.45, 2.75) is 31.7 Å². The Morgan fingerprint density at radius 3 is 2.44 bits per heavy atom. The maximum atomic E-state index is 6.12. The van der Waals surface area contributed by atoms with E-state index in [9.17, 15) is 0 Å². The second kappa shape index (κ2) is 3.98. The molecule has 1 aromatic carbocycles. The molecule has 1 aromatic rings. The average molecular weight is 221 g/mol. The molecule has 0 spiro atoms. The second-order valence-corrected chi connectivity index (χ2v) is 4.69. The van der Waals surface area contributed by atoms with Crippen LogP contribution < -0.4 is 15.2 Å². The summed E-state index contributed by atoms with van der Waals surface area (Å²) in [5.41, 5.74) is 8.48. The Bertz CT molecular complexity index is 397. The molecule has 0 aromatic heterocycles. The van der Waals surface area contributed by atoms with Crippen LogP contribution in [0.4, 0.5) is 0 Å². The molecular formula is C13H19NO2. The number of nitrogens with two attached hydrogens (primary N) is 1. The van der Waals surface area contributed by atoms with Crippen molar-refractivity contribution < 1.29 is 9.47 Å². The Morgan fingerprint density at radius 1 is 1.25 bits per heavy atom. The number of benzene rings is 1. The molecule has 16 heavy (non-hydrogen) atoms. The number of aryl methyl sites for hydroxylation is 1. The van der Waals surface area contributed by atoms with Crippen LogP contribution in [0.25, 0.3) is 0 Å². The van der Waals surface area contributed by atoms with Gasteiger partial charge < -0.3 is 15.2 Å². The molecule has 88 valence electrons. The van der Waals surface area contributed by atoms with Crippen LogP contribution in [0.3, 0.4) is 0 Å². The summed E-state index contributed by atoms with van der Waals surface area (Å²) in [6, 6.07) is 4.16. The highest BCUT2D eigenvalue weighted by molar-refractivity contribution is 5.49. The van der Waals surface area contributed by atoms with E-state index >= 15 is 0 Å². The number of hydrogen-bond acceptors (Lipinski definition) is 3.